The summed E-state index contributed by atoms with van der Waals surface area (Å²) in [6, 6.07) is 10.3. The Labute approximate surface area is 213 Å². The highest BCUT2D eigenvalue weighted by atomic mass is 19.3. The van der Waals surface area contributed by atoms with Crippen molar-refractivity contribution in [3.63, 3.8) is 0 Å². The molecule has 1 N–H and O–H groups in total. The Hall–Kier alpha value is -2.21. The molecule has 0 aromatic heterocycles. The highest BCUT2D eigenvalue weighted by Gasteiger charge is 2.43. The van der Waals surface area contributed by atoms with Crippen molar-refractivity contribution in [1.82, 2.24) is 4.90 Å². The fraction of sp³-hybridized carbons (Fsp3) is 0.633. The molecule has 1 aliphatic carbocycles. The third kappa shape index (κ3) is 4.98. The lowest BCUT2D eigenvalue weighted by Crippen LogP contribution is -2.54. The Morgan fingerprint density at radius 1 is 1.06 bits per heavy atom. The van der Waals surface area contributed by atoms with E-state index in [1.54, 1.807) is 6.07 Å². The summed E-state index contributed by atoms with van der Waals surface area (Å²) in [4.78, 5) is 14.3. The van der Waals surface area contributed by atoms with E-state index in [2.05, 4.69) is 24.8 Å². The van der Waals surface area contributed by atoms with E-state index in [0.717, 1.165) is 62.3 Å². The number of hydrogen-bond donors (Lipinski definition) is 1. The molecule has 3 aliphatic rings. The summed E-state index contributed by atoms with van der Waals surface area (Å²) in [5, 5.41) is 11.0. The minimum absolute atomic E-state index is 0.00450. The van der Waals surface area contributed by atoms with E-state index in [-0.39, 0.29) is 35.7 Å². The number of fused-ring (bicyclic) bond motifs is 3. The zero-order chi connectivity index (χ0) is 25.4. The third-order valence-corrected chi connectivity index (χ3v) is 9.03. The minimum Gasteiger partial charge on any atom is -0.490 e. The predicted molar refractivity (Wildman–Crippen MR) is 138 cm³/mol. The Balaban J connectivity index is 1.43. The zero-order valence-electron chi connectivity index (χ0n) is 21.5. The average Bonchev–Trinajstić information content (AvgIpc) is 2.85. The van der Waals surface area contributed by atoms with Crippen LogP contribution in [0.15, 0.2) is 30.3 Å². The smallest absolute Gasteiger partial charge is 0.306 e. The summed E-state index contributed by atoms with van der Waals surface area (Å²) in [5.41, 5.74) is 1.13. The van der Waals surface area contributed by atoms with E-state index in [1.165, 1.54) is 0 Å². The van der Waals surface area contributed by atoms with E-state index >= 15 is 0 Å². The second kappa shape index (κ2) is 10.6. The molecule has 3 unspecified atom stereocenters. The number of ether oxygens (including phenoxy) is 1. The minimum atomic E-state index is -2.60. The summed E-state index contributed by atoms with van der Waals surface area (Å²) in [5.74, 6) is 0.0631. The molecule has 2 saturated heterocycles. The topological polar surface area (TPSA) is 49.8 Å². The lowest BCUT2D eigenvalue weighted by molar-refractivity contribution is -0.147. The van der Waals surface area contributed by atoms with Gasteiger partial charge in [-0.05, 0) is 92.2 Å². The number of aliphatic carboxylic acids is 1. The largest absolute Gasteiger partial charge is 0.490 e. The average molecular weight is 500 g/mol. The van der Waals surface area contributed by atoms with Gasteiger partial charge in [0.25, 0.3) is 6.43 Å². The highest BCUT2D eigenvalue weighted by molar-refractivity contribution is 5.88. The molecule has 36 heavy (non-hydrogen) atoms. The Morgan fingerprint density at radius 3 is 2.36 bits per heavy atom. The molecular formula is C30H39F2NO3. The number of alkyl halides is 2. The van der Waals surface area contributed by atoms with E-state index in [9.17, 15) is 18.7 Å². The maximum atomic E-state index is 14.3. The molecule has 4 nitrogen and oxygen atoms in total. The summed E-state index contributed by atoms with van der Waals surface area (Å²) in [7, 11) is 0. The van der Waals surface area contributed by atoms with Crippen molar-refractivity contribution < 1.29 is 23.4 Å². The van der Waals surface area contributed by atoms with Crippen molar-refractivity contribution in [3.05, 3.63) is 41.5 Å². The first kappa shape index (κ1) is 25.4. The van der Waals surface area contributed by atoms with Crippen LogP contribution in [0.3, 0.4) is 0 Å². The van der Waals surface area contributed by atoms with Crippen molar-refractivity contribution in [3.8, 4) is 5.75 Å². The molecule has 2 aliphatic heterocycles. The second-order valence-corrected chi connectivity index (χ2v) is 11.4. The van der Waals surface area contributed by atoms with Crippen molar-refractivity contribution in [2.45, 2.75) is 109 Å². The number of nitrogens with zero attached hydrogens (tertiary/aromatic N) is 1. The molecule has 3 fully saturated rings. The summed E-state index contributed by atoms with van der Waals surface area (Å²) < 4.78 is 34.8. The number of hydrogen-bond acceptors (Lipinski definition) is 3. The van der Waals surface area contributed by atoms with Crippen LogP contribution in [-0.2, 0) is 4.79 Å². The van der Waals surface area contributed by atoms with E-state index in [0.29, 0.717) is 29.9 Å². The van der Waals surface area contributed by atoms with E-state index in [4.69, 9.17) is 4.74 Å². The maximum absolute atomic E-state index is 14.3. The van der Waals surface area contributed by atoms with Crippen LogP contribution < -0.4 is 4.74 Å². The number of carbonyl (C=O) groups is 1. The van der Waals surface area contributed by atoms with Crippen LogP contribution in [-0.4, -0.2) is 34.2 Å². The molecular weight excluding hydrogens is 460 g/mol. The van der Waals surface area contributed by atoms with Gasteiger partial charge < -0.3 is 9.84 Å². The number of rotatable bonds is 7. The SMILES string of the molecule is CCC(c1ccc2c(C(F)F)c(OC3CCC(C)CC3)ccc2c1)N1C2CCCC1CC(C(=O)O)C2. The summed E-state index contributed by atoms with van der Waals surface area (Å²) in [6.45, 7) is 4.40. The normalized spacial score (nSPS) is 29.9. The first-order chi connectivity index (χ1) is 17.4. The van der Waals surface area contributed by atoms with Gasteiger partial charge in [-0.1, -0.05) is 38.5 Å². The molecule has 2 aromatic carbocycles. The lowest BCUT2D eigenvalue weighted by atomic mass is 9.76. The standard InChI is InChI=1S/C30H39F2NO3/c1-3-26(33-22-5-4-6-23(33)17-21(16-22)30(34)35)20-9-13-25-19(15-20)10-14-27(28(25)29(31)32)36-24-11-7-18(2)8-12-24/h9-10,13-15,18,21-24,26,29H,3-8,11-12,16-17H2,1-2H3,(H,34,35). The van der Waals surface area contributed by atoms with Gasteiger partial charge in [0, 0.05) is 18.1 Å². The molecule has 0 amide bonds. The molecule has 0 radical (unpaired) electrons. The fourth-order valence-electron chi connectivity index (χ4n) is 7.16. The van der Waals surface area contributed by atoms with E-state index in [1.807, 2.05) is 18.2 Å². The van der Waals surface area contributed by atoms with Crippen LogP contribution in [0.4, 0.5) is 8.78 Å². The summed E-state index contributed by atoms with van der Waals surface area (Å²) in [6.07, 6.45) is 6.90. The van der Waals surface area contributed by atoms with E-state index < -0.39 is 12.4 Å². The first-order valence-corrected chi connectivity index (χ1v) is 13.9. The van der Waals surface area contributed by atoms with Crippen molar-refractivity contribution in [2.75, 3.05) is 0 Å². The van der Waals surface area contributed by atoms with Gasteiger partial charge in [-0.2, -0.15) is 0 Å². The van der Waals surface area contributed by atoms with Crippen molar-refractivity contribution in [1.29, 1.82) is 0 Å². The Bertz CT molecular complexity index is 1070. The predicted octanol–water partition coefficient (Wildman–Crippen LogP) is 7.90. The summed E-state index contributed by atoms with van der Waals surface area (Å²) >= 11 is 0. The van der Waals surface area contributed by atoms with Gasteiger partial charge in [-0.15, -0.1) is 0 Å². The first-order valence-electron chi connectivity index (χ1n) is 13.9. The molecule has 1 saturated carbocycles. The van der Waals surface area contributed by atoms with Crippen molar-refractivity contribution >= 4 is 16.7 Å². The third-order valence-electron chi connectivity index (χ3n) is 9.03. The van der Waals surface area contributed by atoms with Crippen LogP contribution in [0.5, 0.6) is 5.75 Å². The number of benzene rings is 2. The molecule has 2 aromatic rings. The molecule has 6 heteroatoms. The van der Waals surface area contributed by atoms with Crippen LogP contribution >= 0.6 is 0 Å². The molecule has 196 valence electrons. The molecule has 3 atom stereocenters. The maximum Gasteiger partial charge on any atom is 0.306 e. The number of carboxylic acids is 1. The molecule has 2 heterocycles. The monoisotopic (exact) mass is 499 g/mol. The van der Waals surface area contributed by atoms with Gasteiger partial charge in [0.2, 0.25) is 0 Å². The van der Waals surface area contributed by atoms with Gasteiger partial charge in [-0.3, -0.25) is 9.69 Å². The van der Waals surface area contributed by atoms with Crippen LogP contribution in [0.1, 0.15) is 102 Å². The van der Waals surface area contributed by atoms with Crippen LogP contribution in [0.25, 0.3) is 10.8 Å². The van der Waals surface area contributed by atoms with Gasteiger partial charge in [0.05, 0.1) is 17.6 Å². The molecule has 0 spiro atoms. The lowest BCUT2D eigenvalue weighted by Gasteiger charge is -2.51. The molecule has 5 rings (SSSR count). The van der Waals surface area contributed by atoms with Gasteiger partial charge in [0.15, 0.2) is 0 Å². The van der Waals surface area contributed by atoms with Gasteiger partial charge >= 0.3 is 5.97 Å². The zero-order valence-corrected chi connectivity index (χ0v) is 21.5. The van der Waals surface area contributed by atoms with Gasteiger partial charge in [-0.25, -0.2) is 8.78 Å². The quantitative estimate of drug-likeness (QED) is 0.421. The van der Waals surface area contributed by atoms with Gasteiger partial charge in [0.1, 0.15) is 5.75 Å². The Kier molecular flexibility index (Phi) is 7.52. The van der Waals surface area contributed by atoms with Crippen LogP contribution in [0, 0.1) is 11.8 Å². The fourth-order valence-corrected chi connectivity index (χ4v) is 7.16. The van der Waals surface area contributed by atoms with Crippen molar-refractivity contribution in [2.24, 2.45) is 11.8 Å². The molecule has 2 bridgehead atoms. The number of carboxylic acid groups (broad SMARTS) is 1. The second-order valence-electron chi connectivity index (χ2n) is 11.4. The highest BCUT2D eigenvalue weighted by Crippen LogP contribution is 2.45. The number of piperidine rings is 2. The number of halogens is 2. The Morgan fingerprint density at radius 2 is 1.75 bits per heavy atom. The van der Waals surface area contributed by atoms with Crippen LogP contribution in [0.2, 0.25) is 0 Å².